The highest BCUT2D eigenvalue weighted by molar-refractivity contribution is 8.00. The molecular formula is C16H17N5OS. The molecule has 118 valence electrons. The van der Waals surface area contributed by atoms with Gasteiger partial charge < -0.3 is 5.32 Å². The van der Waals surface area contributed by atoms with Crippen LogP contribution in [0, 0.1) is 13.8 Å². The molecule has 0 aliphatic carbocycles. The molecule has 1 N–H and O–H groups in total. The number of anilines is 1. The maximum Gasteiger partial charge on any atom is 0.255 e. The number of rotatable bonds is 4. The predicted octanol–water partition coefficient (Wildman–Crippen LogP) is 2.86. The van der Waals surface area contributed by atoms with Gasteiger partial charge in [0.05, 0.1) is 5.25 Å². The first kappa shape index (κ1) is 15.5. The van der Waals surface area contributed by atoms with Crippen molar-refractivity contribution in [1.29, 1.82) is 0 Å². The molecule has 7 heteroatoms. The number of amides is 1. The number of carbonyl (C=O) groups is 1. The molecule has 0 saturated heterocycles. The van der Waals surface area contributed by atoms with Crippen molar-refractivity contribution in [2.75, 3.05) is 5.32 Å². The fraction of sp³-hybridized carbons (Fsp3) is 0.250. The van der Waals surface area contributed by atoms with E-state index in [0.29, 0.717) is 10.9 Å². The van der Waals surface area contributed by atoms with Gasteiger partial charge in [0, 0.05) is 18.1 Å². The topological polar surface area (TPSA) is 72.2 Å². The van der Waals surface area contributed by atoms with E-state index in [1.807, 2.05) is 51.2 Å². The molecule has 3 rings (SSSR count). The predicted molar refractivity (Wildman–Crippen MR) is 90.6 cm³/mol. The van der Waals surface area contributed by atoms with Gasteiger partial charge in [0.15, 0.2) is 5.16 Å². The van der Waals surface area contributed by atoms with Crippen LogP contribution in [0.4, 0.5) is 5.69 Å². The molecule has 0 radical (unpaired) electrons. The average molecular weight is 327 g/mol. The van der Waals surface area contributed by atoms with Crippen molar-refractivity contribution in [3.63, 3.8) is 0 Å². The minimum atomic E-state index is -0.304. The Morgan fingerprint density at radius 3 is 2.70 bits per heavy atom. The summed E-state index contributed by atoms with van der Waals surface area (Å²) in [5, 5.41) is 11.4. The molecule has 0 aliphatic heterocycles. The van der Waals surface area contributed by atoms with Crippen molar-refractivity contribution in [1.82, 2.24) is 19.6 Å². The average Bonchev–Trinajstić information content (AvgIpc) is 2.94. The Hall–Kier alpha value is -2.41. The van der Waals surface area contributed by atoms with Crippen molar-refractivity contribution in [2.45, 2.75) is 31.2 Å². The first-order valence-corrected chi connectivity index (χ1v) is 8.13. The number of fused-ring (bicyclic) bond motifs is 1. The summed E-state index contributed by atoms with van der Waals surface area (Å²) in [5.74, 6) is 0.463. The second-order valence-corrected chi connectivity index (χ2v) is 6.60. The number of aromatic nitrogens is 4. The molecule has 1 amide bonds. The number of benzene rings is 1. The summed E-state index contributed by atoms with van der Waals surface area (Å²) < 4.78 is 1.77. The smallest absolute Gasteiger partial charge is 0.255 e. The number of hydrogen-bond donors (Lipinski definition) is 1. The number of para-hydroxylation sites is 1. The Bertz CT molecular complexity index is 840. The Morgan fingerprint density at radius 1 is 1.22 bits per heavy atom. The van der Waals surface area contributed by atoms with Gasteiger partial charge in [-0.05, 0) is 38.0 Å². The molecule has 0 bridgehead atoms. The number of thioether (sulfide) groups is 1. The molecule has 0 spiro atoms. The second-order valence-electron chi connectivity index (χ2n) is 5.29. The third-order valence-electron chi connectivity index (χ3n) is 3.54. The number of nitrogens with one attached hydrogen (secondary N) is 1. The summed E-state index contributed by atoms with van der Waals surface area (Å²) in [5.41, 5.74) is 2.97. The van der Waals surface area contributed by atoms with Gasteiger partial charge in [-0.15, -0.1) is 10.2 Å². The van der Waals surface area contributed by atoms with E-state index in [1.165, 1.54) is 11.8 Å². The highest BCUT2D eigenvalue weighted by Gasteiger charge is 2.19. The minimum Gasteiger partial charge on any atom is -0.325 e. The van der Waals surface area contributed by atoms with Crippen LogP contribution < -0.4 is 5.32 Å². The van der Waals surface area contributed by atoms with Crippen molar-refractivity contribution in [2.24, 2.45) is 0 Å². The fourth-order valence-corrected chi connectivity index (χ4v) is 3.08. The number of aryl methyl sites for hydroxylation is 2. The van der Waals surface area contributed by atoms with Gasteiger partial charge in [0.1, 0.15) is 0 Å². The lowest BCUT2D eigenvalue weighted by atomic mass is 10.1. The van der Waals surface area contributed by atoms with Gasteiger partial charge in [-0.25, -0.2) is 4.98 Å². The van der Waals surface area contributed by atoms with Crippen LogP contribution in [0.5, 0.6) is 0 Å². The largest absolute Gasteiger partial charge is 0.325 e. The van der Waals surface area contributed by atoms with Crippen LogP contribution in [-0.4, -0.2) is 30.7 Å². The molecule has 0 saturated carbocycles. The molecule has 2 heterocycles. The van der Waals surface area contributed by atoms with Crippen molar-refractivity contribution in [3.8, 4) is 0 Å². The lowest BCUT2D eigenvalue weighted by Gasteiger charge is -2.14. The van der Waals surface area contributed by atoms with E-state index in [4.69, 9.17) is 0 Å². The highest BCUT2D eigenvalue weighted by atomic mass is 32.2. The summed E-state index contributed by atoms with van der Waals surface area (Å²) in [7, 11) is 0. The Morgan fingerprint density at radius 2 is 1.96 bits per heavy atom. The van der Waals surface area contributed by atoms with E-state index in [1.54, 1.807) is 10.6 Å². The molecule has 0 fully saturated rings. The maximum absolute atomic E-state index is 12.5. The van der Waals surface area contributed by atoms with E-state index in [9.17, 15) is 4.79 Å². The second kappa shape index (κ2) is 6.37. The summed E-state index contributed by atoms with van der Waals surface area (Å²) in [6, 6.07) is 7.76. The normalized spacial score (nSPS) is 12.3. The zero-order valence-electron chi connectivity index (χ0n) is 13.1. The van der Waals surface area contributed by atoms with Crippen LogP contribution in [-0.2, 0) is 4.79 Å². The van der Waals surface area contributed by atoms with Gasteiger partial charge >= 0.3 is 0 Å². The lowest BCUT2D eigenvalue weighted by molar-refractivity contribution is -0.115. The van der Waals surface area contributed by atoms with Crippen LogP contribution in [0.3, 0.4) is 0 Å². The van der Waals surface area contributed by atoms with E-state index < -0.39 is 0 Å². The zero-order chi connectivity index (χ0) is 16.4. The van der Waals surface area contributed by atoms with Gasteiger partial charge in [0.25, 0.3) is 5.78 Å². The van der Waals surface area contributed by atoms with Crippen molar-refractivity contribution in [3.05, 3.63) is 47.8 Å². The first-order chi connectivity index (χ1) is 11.1. The molecule has 6 nitrogen and oxygen atoms in total. The van der Waals surface area contributed by atoms with Gasteiger partial charge in [-0.1, -0.05) is 30.0 Å². The van der Waals surface area contributed by atoms with Crippen LogP contribution in [0.2, 0.25) is 0 Å². The molecule has 1 aromatic carbocycles. The van der Waals surface area contributed by atoms with Crippen LogP contribution in [0.15, 0.2) is 41.8 Å². The van der Waals surface area contributed by atoms with Gasteiger partial charge in [0.2, 0.25) is 5.91 Å². The van der Waals surface area contributed by atoms with E-state index in [-0.39, 0.29) is 11.2 Å². The van der Waals surface area contributed by atoms with E-state index in [2.05, 4.69) is 20.5 Å². The summed E-state index contributed by atoms with van der Waals surface area (Å²) in [6.45, 7) is 5.82. The molecule has 1 atom stereocenters. The fourth-order valence-electron chi connectivity index (χ4n) is 2.25. The van der Waals surface area contributed by atoms with Crippen LogP contribution >= 0.6 is 11.8 Å². The summed E-state index contributed by atoms with van der Waals surface area (Å²) in [6.07, 6.45) is 3.50. The van der Waals surface area contributed by atoms with Crippen LogP contribution in [0.1, 0.15) is 18.1 Å². The van der Waals surface area contributed by atoms with E-state index >= 15 is 0 Å². The number of carbonyl (C=O) groups excluding carboxylic acids is 1. The molecule has 23 heavy (non-hydrogen) atoms. The standard InChI is InChI=1S/C16H17N5OS/c1-10-6-4-7-11(2)13(10)18-14(22)12(3)23-16-20-19-15-17-8-5-9-21(15)16/h4-9,12H,1-3H3,(H,18,22). The summed E-state index contributed by atoms with van der Waals surface area (Å²) >= 11 is 1.36. The molecule has 3 aromatic rings. The highest BCUT2D eigenvalue weighted by Crippen LogP contribution is 2.24. The van der Waals surface area contributed by atoms with Gasteiger partial charge in [-0.3, -0.25) is 9.20 Å². The first-order valence-electron chi connectivity index (χ1n) is 7.26. The Balaban J connectivity index is 1.75. The SMILES string of the molecule is Cc1cccc(C)c1NC(=O)C(C)Sc1nnc2ncccn12. The van der Waals surface area contributed by atoms with E-state index in [0.717, 1.165) is 16.8 Å². The Kier molecular flexibility index (Phi) is 4.29. The third kappa shape index (κ3) is 3.19. The lowest BCUT2D eigenvalue weighted by Crippen LogP contribution is -2.23. The number of hydrogen-bond acceptors (Lipinski definition) is 5. The monoisotopic (exact) mass is 327 g/mol. The molecular weight excluding hydrogens is 310 g/mol. The molecule has 2 aromatic heterocycles. The molecule has 0 aliphatic rings. The number of nitrogens with zero attached hydrogens (tertiary/aromatic N) is 4. The minimum absolute atomic E-state index is 0.0620. The Labute approximate surface area is 138 Å². The third-order valence-corrected chi connectivity index (χ3v) is 4.60. The summed E-state index contributed by atoms with van der Waals surface area (Å²) in [4.78, 5) is 16.6. The maximum atomic E-state index is 12.5. The van der Waals surface area contributed by atoms with Gasteiger partial charge in [-0.2, -0.15) is 0 Å². The van der Waals surface area contributed by atoms with Crippen LogP contribution in [0.25, 0.3) is 5.78 Å². The molecule has 1 unspecified atom stereocenters. The zero-order valence-corrected chi connectivity index (χ0v) is 14.0. The quantitative estimate of drug-likeness (QED) is 0.746. The van der Waals surface area contributed by atoms with Crippen molar-refractivity contribution < 1.29 is 4.79 Å². The van der Waals surface area contributed by atoms with Crippen molar-refractivity contribution >= 4 is 29.1 Å².